The Balaban J connectivity index is 1.55. The molecule has 2 amide bonds. The second-order valence-corrected chi connectivity index (χ2v) is 6.36. The van der Waals surface area contributed by atoms with E-state index in [2.05, 4.69) is 15.6 Å². The van der Waals surface area contributed by atoms with Gasteiger partial charge in [-0.15, -0.1) is 11.3 Å². The maximum atomic E-state index is 12.0. The quantitative estimate of drug-likeness (QED) is 0.739. The van der Waals surface area contributed by atoms with Crippen molar-refractivity contribution in [1.29, 1.82) is 0 Å². The fraction of sp³-hybridized carbons (Fsp3) is 0.105. The number of hydrogen-bond acceptors (Lipinski definition) is 4. The minimum absolute atomic E-state index is 0.104. The van der Waals surface area contributed by atoms with Gasteiger partial charge in [0.25, 0.3) is 5.91 Å². The number of nitrogens with zero attached hydrogens (tertiary/aromatic N) is 1. The number of amides is 2. The van der Waals surface area contributed by atoms with Gasteiger partial charge in [0.15, 0.2) is 5.13 Å². The van der Waals surface area contributed by atoms with Crippen molar-refractivity contribution in [3.8, 4) is 11.3 Å². The molecule has 0 fully saturated rings. The van der Waals surface area contributed by atoms with E-state index in [9.17, 15) is 9.59 Å². The standard InChI is InChI=1S/C19H17N3O2S/c1-13-6-5-9-15(10-13)18(24)20-11-17(23)22-19-21-16(12-25-19)14-7-3-2-4-8-14/h2-10,12H,11H2,1H3,(H,20,24)(H,21,22,23). The topological polar surface area (TPSA) is 71.1 Å². The third-order valence-corrected chi connectivity index (χ3v) is 4.27. The second-order valence-electron chi connectivity index (χ2n) is 5.50. The number of thiazole rings is 1. The lowest BCUT2D eigenvalue weighted by molar-refractivity contribution is -0.115. The van der Waals surface area contributed by atoms with E-state index < -0.39 is 0 Å². The molecule has 0 saturated heterocycles. The van der Waals surface area contributed by atoms with Crippen molar-refractivity contribution in [3.05, 3.63) is 71.1 Å². The molecule has 0 aliphatic heterocycles. The largest absolute Gasteiger partial charge is 0.343 e. The fourth-order valence-corrected chi connectivity index (χ4v) is 3.02. The van der Waals surface area contributed by atoms with E-state index in [1.54, 1.807) is 12.1 Å². The lowest BCUT2D eigenvalue weighted by atomic mass is 10.1. The van der Waals surface area contributed by atoms with Gasteiger partial charge in [-0.2, -0.15) is 0 Å². The van der Waals surface area contributed by atoms with E-state index in [4.69, 9.17) is 0 Å². The Morgan fingerprint density at radius 1 is 1.08 bits per heavy atom. The predicted molar refractivity (Wildman–Crippen MR) is 99.7 cm³/mol. The molecule has 6 heteroatoms. The molecule has 2 N–H and O–H groups in total. The number of aryl methyl sites for hydroxylation is 1. The van der Waals surface area contributed by atoms with Gasteiger partial charge in [-0.05, 0) is 19.1 Å². The van der Waals surface area contributed by atoms with Crippen LogP contribution in [-0.4, -0.2) is 23.3 Å². The summed E-state index contributed by atoms with van der Waals surface area (Å²) in [5.74, 6) is -0.585. The van der Waals surface area contributed by atoms with E-state index in [0.717, 1.165) is 16.8 Å². The number of aromatic nitrogens is 1. The highest BCUT2D eigenvalue weighted by Crippen LogP contribution is 2.24. The molecule has 0 radical (unpaired) electrons. The van der Waals surface area contributed by atoms with Crippen molar-refractivity contribution in [3.63, 3.8) is 0 Å². The van der Waals surface area contributed by atoms with Crippen molar-refractivity contribution in [2.24, 2.45) is 0 Å². The summed E-state index contributed by atoms with van der Waals surface area (Å²) in [6, 6.07) is 17.0. The normalized spacial score (nSPS) is 10.3. The lowest BCUT2D eigenvalue weighted by Gasteiger charge is -2.05. The molecular formula is C19H17N3O2S. The van der Waals surface area contributed by atoms with Gasteiger partial charge < -0.3 is 10.6 Å². The van der Waals surface area contributed by atoms with Crippen LogP contribution in [0, 0.1) is 6.92 Å². The molecule has 1 heterocycles. The van der Waals surface area contributed by atoms with Crippen molar-refractivity contribution < 1.29 is 9.59 Å². The molecule has 0 saturated carbocycles. The van der Waals surface area contributed by atoms with Gasteiger partial charge in [-0.3, -0.25) is 9.59 Å². The first-order valence-electron chi connectivity index (χ1n) is 7.77. The van der Waals surface area contributed by atoms with Gasteiger partial charge in [0, 0.05) is 16.5 Å². The number of anilines is 1. The first kappa shape index (κ1) is 16.9. The molecule has 0 unspecified atom stereocenters. The monoisotopic (exact) mass is 351 g/mol. The van der Waals surface area contributed by atoms with Gasteiger partial charge >= 0.3 is 0 Å². The van der Waals surface area contributed by atoms with Crippen LogP contribution in [0.25, 0.3) is 11.3 Å². The Bertz CT molecular complexity index is 890. The molecule has 3 aromatic rings. The van der Waals surface area contributed by atoms with Crippen LogP contribution in [0.4, 0.5) is 5.13 Å². The third kappa shape index (κ3) is 4.51. The van der Waals surface area contributed by atoms with Gasteiger partial charge in [0.2, 0.25) is 5.91 Å². The van der Waals surface area contributed by atoms with Gasteiger partial charge in [0.05, 0.1) is 12.2 Å². The van der Waals surface area contributed by atoms with Crippen LogP contribution in [0.5, 0.6) is 0 Å². The van der Waals surface area contributed by atoms with E-state index in [0.29, 0.717) is 10.7 Å². The summed E-state index contributed by atoms with van der Waals surface area (Å²) in [5, 5.41) is 7.71. The first-order valence-corrected chi connectivity index (χ1v) is 8.65. The fourth-order valence-electron chi connectivity index (χ4n) is 2.29. The van der Waals surface area contributed by atoms with Crippen LogP contribution >= 0.6 is 11.3 Å². The van der Waals surface area contributed by atoms with Crippen LogP contribution in [0.2, 0.25) is 0 Å². The summed E-state index contributed by atoms with van der Waals surface area (Å²) in [4.78, 5) is 28.4. The van der Waals surface area contributed by atoms with Gasteiger partial charge in [-0.25, -0.2) is 4.98 Å². The maximum Gasteiger partial charge on any atom is 0.251 e. The van der Waals surface area contributed by atoms with Crippen molar-refractivity contribution in [1.82, 2.24) is 10.3 Å². The van der Waals surface area contributed by atoms with E-state index >= 15 is 0 Å². The van der Waals surface area contributed by atoms with E-state index in [1.165, 1.54) is 11.3 Å². The zero-order valence-corrected chi connectivity index (χ0v) is 14.5. The van der Waals surface area contributed by atoms with Crippen LogP contribution in [-0.2, 0) is 4.79 Å². The first-order chi connectivity index (χ1) is 12.1. The average molecular weight is 351 g/mol. The molecule has 1 aromatic heterocycles. The molecule has 5 nitrogen and oxygen atoms in total. The number of nitrogens with one attached hydrogen (secondary N) is 2. The van der Waals surface area contributed by atoms with Gasteiger partial charge in [0.1, 0.15) is 0 Å². The molecule has 2 aromatic carbocycles. The molecule has 0 aliphatic carbocycles. The van der Waals surface area contributed by atoms with E-state index in [1.807, 2.05) is 54.8 Å². The summed E-state index contributed by atoms with van der Waals surface area (Å²) in [7, 11) is 0. The molecule has 0 bridgehead atoms. The zero-order valence-electron chi connectivity index (χ0n) is 13.7. The summed E-state index contributed by atoms with van der Waals surface area (Å²) in [5.41, 5.74) is 3.33. The van der Waals surface area contributed by atoms with Crippen molar-refractivity contribution in [2.45, 2.75) is 6.92 Å². The molecule has 0 aliphatic rings. The highest BCUT2D eigenvalue weighted by molar-refractivity contribution is 7.14. The Morgan fingerprint density at radius 3 is 2.64 bits per heavy atom. The highest BCUT2D eigenvalue weighted by Gasteiger charge is 2.10. The van der Waals surface area contributed by atoms with Crippen LogP contribution < -0.4 is 10.6 Å². The Kier molecular flexibility index (Phi) is 5.20. The van der Waals surface area contributed by atoms with Crippen LogP contribution in [0.15, 0.2) is 60.0 Å². The third-order valence-electron chi connectivity index (χ3n) is 3.51. The van der Waals surface area contributed by atoms with E-state index in [-0.39, 0.29) is 18.4 Å². The lowest BCUT2D eigenvalue weighted by Crippen LogP contribution is -2.32. The van der Waals surface area contributed by atoms with Crippen molar-refractivity contribution in [2.75, 3.05) is 11.9 Å². The molecule has 3 rings (SSSR count). The minimum atomic E-state index is -0.310. The molecule has 25 heavy (non-hydrogen) atoms. The maximum absolute atomic E-state index is 12.0. The summed E-state index contributed by atoms with van der Waals surface area (Å²) in [6.45, 7) is 1.81. The highest BCUT2D eigenvalue weighted by atomic mass is 32.1. The minimum Gasteiger partial charge on any atom is -0.343 e. The number of rotatable bonds is 5. The summed E-state index contributed by atoms with van der Waals surface area (Å²) < 4.78 is 0. The smallest absolute Gasteiger partial charge is 0.251 e. The number of hydrogen-bond donors (Lipinski definition) is 2. The Labute approximate surface area is 149 Å². The second kappa shape index (κ2) is 7.72. The molecule has 126 valence electrons. The SMILES string of the molecule is Cc1cccc(C(=O)NCC(=O)Nc2nc(-c3ccccc3)cs2)c1. The van der Waals surface area contributed by atoms with Crippen LogP contribution in [0.1, 0.15) is 15.9 Å². The number of benzene rings is 2. The van der Waals surface area contributed by atoms with Gasteiger partial charge in [-0.1, -0.05) is 48.0 Å². The van der Waals surface area contributed by atoms with Crippen LogP contribution in [0.3, 0.4) is 0 Å². The summed E-state index contributed by atoms with van der Waals surface area (Å²) >= 11 is 1.35. The molecular weight excluding hydrogens is 334 g/mol. The summed E-state index contributed by atoms with van der Waals surface area (Å²) in [6.07, 6.45) is 0. The average Bonchev–Trinajstić information content (AvgIpc) is 3.09. The van der Waals surface area contributed by atoms with Crippen molar-refractivity contribution >= 4 is 28.3 Å². The predicted octanol–water partition coefficient (Wildman–Crippen LogP) is 3.49. The molecule has 0 atom stereocenters. The Morgan fingerprint density at radius 2 is 1.88 bits per heavy atom. The number of carbonyl (C=O) groups excluding carboxylic acids is 2. The Hall–Kier alpha value is -2.99. The zero-order chi connectivity index (χ0) is 17.6. The molecule has 0 spiro atoms. The number of carbonyl (C=O) groups is 2.